The predicted molar refractivity (Wildman–Crippen MR) is 82.8 cm³/mol. The van der Waals surface area contributed by atoms with Gasteiger partial charge in [0.2, 0.25) is 10.0 Å². The third-order valence-corrected chi connectivity index (χ3v) is 5.96. The van der Waals surface area contributed by atoms with Crippen LogP contribution in [0.3, 0.4) is 0 Å². The van der Waals surface area contributed by atoms with Crippen LogP contribution in [0.25, 0.3) is 0 Å². The van der Waals surface area contributed by atoms with E-state index in [0.29, 0.717) is 23.7 Å². The minimum Gasteiger partial charge on any atom is -0.497 e. The molecule has 0 unspecified atom stereocenters. The number of hydrogen-bond acceptors (Lipinski definition) is 4. The summed E-state index contributed by atoms with van der Waals surface area (Å²) in [6.07, 6.45) is 5.22. The van der Waals surface area contributed by atoms with E-state index in [1.165, 1.54) is 6.42 Å². The van der Waals surface area contributed by atoms with Crippen LogP contribution in [-0.2, 0) is 10.0 Å². The molecular weight excluding hydrogens is 288 g/mol. The molecule has 1 aromatic rings. The first-order valence-electron chi connectivity index (χ1n) is 7.45. The summed E-state index contributed by atoms with van der Waals surface area (Å²) in [7, 11) is -1.93. The highest BCUT2D eigenvalue weighted by Crippen LogP contribution is 2.28. The molecule has 2 N–H and O–H groups in total. The van der Waals surface area contributed by atoms with Gasteiger partial charge in [-0.15, -0.1) is 0 Å². The molecule has 1 saturated carbocycles. The molecular formula is C15H24N2O3S. The summed E-state index contributed by atoms with van der Waals surface area (Å²) in [5.41, 5.74) is 5.63. The summed E-state index contributed by atoms with van der Waals surface area (Å²) in [6, 6.07) is 6.62. The molecule has 0 aliphatic heterocycles. The first-order chi connectivity index (χ1) is 10.1. The third-order valence-electron chi connectivity index (χ3n) is 4.00. The average molecular weight is 312 g/mol. The summed E-state index contributed by atoms with van der Waals surface area (Å²) in [5.74, 6) is 0.650. The minimum absolute atomic E-state index is 0.0781. The lowest BCUT2D eigenvalue weighted by Gasteiger charge is -2.33. The van der Waals surface area contributed by atoms with Crippen LogP contribution in [0.2, 0.25) is 0 Å². The van der Waals surface area contributed by atoms with Crippen molar-refractivity contribution in [1.82, 2.24) is 4.31 Å². The first-order valence-corrected chi connectivity index (χ1v) is 8.89. The zero-order chi connectivity index (χ0) is 15.3. The van der Waals surface area contributed by atoms with Crippen molar-refractivity contribution in [2.24, 2.45) is 5.73 Å². The topological polar surface area (TPSA) is 72.6 Å². The Morgan fingerprint density at radius 2 is 1.81 bits per heavy atom. The number of ether oxygens (including phenoxy) is 1. The maximum absolute atomic E-state index is 12.9. The van der Waals surface area contributed by atoms with Gasteiger partial charge in [0.25, 0.3) is 0 Å². The quantitative estimate of drug-likeness (QED) is 0.871. The minimum atomic E-state index is -3.49. The summed E-state index contributed by atoms with van der Waals surface area (Å²) < 4.78 is 32.4. The molecule has 1 aliphatic rings. The largest absolute Gasteiger partial charge is 0.497 e. The average Bonchev–Trinajstić information content (AvgIpc) is 2.53. The molecule has 0 bridgehead atoms. The monoisotopic (exact) mass is 312 g/mol. The molecule has 0 atom stereocenters. The number of benzene rings is 1. The van der Waals surface area contributed by atoms with Crippen LogP contribution in [0, 0.1) is 0 Å². The summed E-state index contributed by atoms with van der Waals surface area (Å²) in [6.45, 7) is 0.713. The fraction of sp³-hybridized carbons (Fsp3) is 0.600. The molecule has 0 aromatic heterocycles. The Bertz CT molecular complexity index is 537. The van der Waals surface area contributed by atoms with Gasteiger partial charge in [-0.2, -0.15) is 4.31 Å². The number of rotatable bonds is 6. The van der Waals surface area contributed by atoms with Crippen LogP contribution in [-0.4, -0.2) is 39.0 Å². The second kappa shape index (κ2) is 7.24. The Balaban J connectivity index is 2.27. The molecule has 1 aliphatic carbocycles. The van der Waals surface area contributed by atoms with E-state index in [9.17, 15) is 8.42 Å². The van der Waals surface area contributed by atoms with Gasteiger partial charge in [-0.1, -0.05) is 19.3 Å². The lowest BCUT2D eigenvalue weighted by Crippen LogP contribution is -2.44. The SMILES string of the molecule is COc1ccc(S(=O)(=O)N(CCN)C2CCCCC2)cc1. The van der Waals surface area contributed by atoms with Crippen molar-refractivity contribution >= 4 is 10.0 Å². The van der Waals surface area contributed by atoms with Crippen molar-refractivity contribution in [3.8, 4) is 5.75 Å². The van der Waals surface area contributed by atoms with Gasteiger partial charge < -0.3 is 10.5 Å². The summed E-state index contributed by atoms with van der Waals surface area (Å²) in [4.78, 5) is 0.308. The number of sulfonamides is 1. The summed E-state index contributed by atoms with van der Waals surface area (Å²) >= 11 is 0. The van der Waals surface area contributed by atoms with Gasteiger partial charge in [-0.3, -0.25) is 0 Å². The molecule has 2 rings (SSSR count). The van der Waals surface area contributed by atoms with E-state index in [0.717, 1.165) is 25.7 Å². The van der Waals surface area contributed by atoms with Gasteiger partial charge in [-0.25, -0.2) is 8.42 Å². The van der Waals surface area contributed by atoms with Crippen molar-refractivity contribution in [3.05, 3.63) is 24.3 Å². The molecule has 6 heteroatoms. The molecule has 21 heavy (non-hydrogen) atoms. The second-order valence-electron chi connectivity index (χ2n) is 5.37. The van der Waals surface area contributed by atoms with E-state index in [1.807, 2.05) is 0 Å². The first kappa shape index (κ1) is 16.3. The maximum atomic E-state index is 12.9. The number of nitrogens with zero attached hydrogens (tertiary/aromatic N) is 1. The zero-order valence-corrected chi connectivity index (χ0v) is 13.3. The van der Waals surface area contributed by atoms with Gasteiger partial charge in [0.15, 0.2) is 0 Å². The van der Waals surface area contributed by atoms with Crippen LogP contribution in [0.15, 0.2) is 29.2 Å². The third kappa shape index (κ3) is 3.75. The van der Waals surface area contributed by atoms with Gasteiger partial charge >= 0.3 is 0 Å². The molecule has 1 fully saturated rings. The Morgan fingerprint density at radius 3 is 2.33 bits per heavy atom. The number of hydrogen-bond donors (Lipinski definition) is 1. The molecule has 118 valence electrons. The van der Waals surface area contributed by atoms with Crippen LogP contribution in [0.5, 0.6) is 5.75 Å². The van der Waals surface area contributed by atoms with Crippen LogP contribution < -0.4 is 10.5 Å². The predicted octanol–water partition coefficient (Wildman–Crippen LogP) is 1.98. The molecule has 0 heterocycles. The molecule has 0 amide bonds. The van der Waals surface area contributed by atoms with Crippen LogP contribution >= 0.6 is 0 Å². The zero-order valence-electron chi connectivity index (χ0n) is 12.5. The Morgan fingerprint density at radius 1 is 1.19 bits per heavy atom. The fourth-order valence-electron chi connectivity index (χ4n) is 2.88. The Hall–Kier alpha value is -1.11. The molecule has 1 aromatic carbocycles. The highest BCUT2D eigenvalue weighted by Gasteiger charge is 2.31. The number of methoxy groups -OCH3 is 1. The van der Waals surface area contributed by atoms with E-state index in [4.69, 9.17) is 10.5 Å². The lowest BCUT2D eigenvalue weighted by atomic mass is 9.95. The molecule has 0 radical (unpaired) electrons. The molecule has 5 nitrogen and oxygen atoms in total. The van der Waals surface area contributed by atoms with E-state index in [1.54, 1.807) is 35.7 Å². The van der Waals surface area contributed by atoms with Crippen molar-refractivity contribution in [3.63, 3.8) is 0 Å². The summed E-state index contributed by atoms with van der Waals surface area (Å²) in [5, 5.41) is 0. The van der Waals surface area contributed by atoms with Gasteiger partial charge in [0.05, 0.1) is 12.0 Å². The molecule has 0 spiro atoms. The van der Waals surface area contributed by atoms with Crippen LogP contribution in [0.4, 0.5) is 0 Å². The van der Waals surface area contributed by atoms with Crippen molar-refractivity contribution < 1.29 is 13.2 Å². The van der Waals surface area contributed by atoms with E-state index < -0.39 is 10.0 Å². The highest BCUT2D eigenvalue weighted by molar-refractivity contribution is 7.89. The Kier molecular flexibility index (Phi) is 5.61. The van der Waals surface area contributed by atoms with Crippen LogP contribution in [0.1, 0.15) is 32.1 Å². The van der Waals surface area contributed by atoms with Gasteiger partial charge in [0, 0.05) is 19.1 Å². The number of nitrogens with two attached hydrogens (primary N) is 1. The normalized spacial score (nSPS) is 17.1. The maximum Gasteiger partial charge on any atom is 0.243 e. The van der Waals surface area contributed by atoms with E-state index in [-0.39, 0.29) is 6.04 Å². The van der Waals surface area contributed by atoms with E-state index >= 15 is 0 Å². The molecule has 0 saturated heterocycles. The van der Waals surface area contributed by atoms with Gasteiger partial charge in [-0.05, 0) is 37.1 Å². The van der Waals surface area contributed by atoms with Crippen molar-refractivity contribution in [1.29, 1.82) is 0 Å². The second-order valence-corrected chi connectivity index (χ2v) is 7.26. The fourth-order valence-corrected chi connectivity index (χ4v) is 4.58. The standard InChI is InChI=1S/C15H24N2O3S/c1-20-14-7-9-15(10-8-14)21(18,19)17(12-11-16)13-5-3-2-4-6-13/h7-10,13H,2-6,11-12,16H2,1H3. The highest BCUT2D eigenvalue weighted by atomic mass is 32.2. The smallest absolute Gasteiger partial charge is 0.243 e. The van der Waals surface area contributed by atoms with Crippen molar-refractivity contribution in [2.45, 2.75) is 43.0 Å². The van der Waals surface area contributed by atoms with Crippen molar-refractivity contribution in [2.75, 3.05) is 20.2 Å². The van der Waals surface area contributed by atoms with Gasteiger partial charge in [0.1, 0.15) is 5.75 Å². The Labute approximate surface area is 127 Å². The van der Waals surface area contributed by atoms with E-state index in [2.05, 4.69) is 0 Å². The lowest BCUT2D eigenvalue weighted by molar-refractivity contribution is 0.257.